The second-order valence-corrected chi connectivity index (χ2v) is 6.49. The third-order valence-corrected chi connectivity index (χ3v) is 4.43. The molecule has 0 aliphatic carbocycles. The van der Waals surface area contributed by atoms with Crippen molar-refractivity contribution in [1.29, 1.82) is 0 Å². The van der Waals surface area contributed by atoms with Gasteiger partial charge in [-0.05, 0) is 65.1 Å². The maximum atomic E-state index is 11.7. The molecule has 0 unspecified atom stereocenters. The first-order valence-corrected chi connectivity index (χ1v) is 7.69. The van der Waals surface area contributed by atoms with Crippen molar-refractivity contribution < 1.29 is 9.53 Å². The van der Waals surface area contributed by atoms with Gasteiger partial charge in [0.05, 0.1) is 12.7 Å². The molecule has 0 N–H and O–H groups in total. The van der Waals surface area contributed by atoms with Gasteiger partial charge in [-0.25, -0.2) is 4.79 Å². The average molecular weight is 405 g/mol. The van der Waals surface area contributed by atoms with Gasteiger partial charge in [0.25, 0.3) is 0 Å². The van der Waals surface area contributed by atoms with Crippen molar-refractivity contribution in [3.8, 4) is 0 Å². The SMILES string of the molecule is COC(=O)c1cc(Cl)ccc1Sc1ccc(I)cc1. The Balaban J connectivity index is 2.34. The van der Waals surface area contributed by atoms with Crippen LogP contribution in [0.15, 0.2) is 52.3 Å². The molecule has 0 saturated carbocycles. The van der Waals surface area contributed by atoms with Gasteiger partial charge in [-0.15, -0.1) is 0 Å². The third kappa shape index (κ3) is 3.87. The largest absolute Gasteiger partial charge is 0.465 e. The van der Waals surface area contributed by atoms with Gasteiger partial charge in [-0.3, -0.25) is 0 Å². The number of ether oxygens (including phenoxy) is 1. The summed E-state index contributed by atoms with van der Waals surface area (Å²) in [6, 6.07) is 13.3. The van der Waals surface area contributed by atoms with E-state index < -0.39 is 0 Å². The first kappa shape index (κ1) is 14.7. The molecule has 0 radical (unpaired) electrons. The lowest BCUT2D eigenvalue weighted by Crippen LogP contribution is -2.02. The van der Waals surface area contributed by atoms with Crippen molar-refractivity contribution in [3.05, 3.63) is 56.6 Å². The Kier molecular flexibility index (Phi) is 5.13. The van der Waals surface area contributed by atoms with Gasteiger partial charge in [0, 0.05) is 18.4 Å². The Morgan fingerprint density at radius 1 is 1.21 bits per heavy atom. The molecule has 0 aliphatic rings. The molecular weight excluding hydrogens is 395 g/mol. The molecule has 5 heteroatoms. The van der Waals surface area contributed by atoms with Crippen LogP contribution in [-0.2, 0) is 4.74 Å². The van der Waals surface area contributed by atoms with E-state index in [2.05, 4.69) is 22.6 Å². The summed E-state index contributed by atoms with van der Waals surface area (Å²) in [6.07, 6.45) is 0. The number of halogens is 2. The number of rotatable bonds is 3. The van der Waals surface area contributed by atoms with Crippen molar-refractivity contribution in [2.75, 3.05) is 7.11 Å². The highest BCUT2D eigenvalue weighted by atomic mass is 127. The highest BCUT2D eigenvalue weighted by Crippen LogP contribution is 2.32. The number of hydrogen-bond acceptors (Lipinski definition) is 3. The lowest BCUT2D eigenvalue weighted by Gasteiger charge is -2.08. The molecule has 0 aliphatic heterocycles. The predicted octanol–water partition coefficient (Wildman–Crippen LogP) is 4.88. The van der Waals surface area contributed by atoms with E-state index in [-0.39, 0.29) is 5.97 Å². The quantitative estimate of drug-likeness (QED) is 0.538. The summed E-state index contributed by atoms with van der Waals surface area (Å²) in [5.74, 6) is -0.379. The van der Waals surface area contributed by atoms with Crippen molar-refractivity contribution in [1.82, 2.24) is 0 Å². The van der Waals surface area contributed by atoms with Gasteiger partial charge < -0.3 is 4.74 Å². The van der Waals surface area contributed by atoms with E-state index in [0.717, 1.165) is 9.79 Å². The fourth-order valence-corrected chi connectivity index (χ4v) is 2.94. The smallest absolute Gasteiger partial charge is 0.339 e. The van der Waals surface area contributed by atoms with Crippen LogP contribution in [0.2, 0.25) is 5.02 Å². The minimum absolute atomic E-state index is 0.379. The Morgan fingerprint density at radius 2 is 1.89 bits per heavy atom. The molecule has 2 nitrogen and oxygen atoms in total. The fraction of sp³-hybridized carbons (Fsp3) is 0.0714. The molecule has 0 amide bonds. The maximum Gasteiger partial charge on any atom is 0.339 e. The molecule has 0 bridgehead atoms. The van der Waals surface area contributed by atoms with Crippen molar-refractivity contribution in [3.63, 3.8) is 0 Å². The van der Waals surface area contributed by atoms with Crippen LogP contribution in [0.5, 0.6) is 0 Å². The Bertz CT molecular complexity index is 599. The van der Waals surface area contributed by atoms with Crippen LogP contribution in [0, 0.1) is 3.57 Å². The minimum Gasteiger partial charge on any atom is -0.465 e. The van der Waals surface area contributed by atoms with Gasteiger partial charge >= 0.3 is 5.97 Å². The highest BCUT2D eigenvalue weighted by molar-refractivity contribution is 14.1. The topological polar surface area (TPSA) is 26.3 Å². The van der Waals surface area contributed by atoms with Crippen LogP contribution in [0.1, 0.15) is 10.4 Å². The fourth-order valence-electron chi connectivity index (χ4n) is 1.49. The standard InChI is InChI=1S/C14H10ClIO2S/c1-18-14(17)12-8-9(15)2-7-13(12)19-11-5-3-10(16)4-6-11/h2-8H,1H3. The second-order valence-electron chi connectivity index (χ2n) is 3.69. The lowest BCUT2D eigenvalue weighted by atomic mass is 10.2. The van der Waals surface area contributed by atoms with Crippen LogP contribution >= 0.6 is 46.0 Å². The minimum atomic E-state index is -0.379. The third-order valence-electron chi connectivity index (χ3n) is 2.39. The number of carbonyl (C=O) groups is 1. The average Bonchev–Trinajstić information content (AvgIpc) is 2.42. The molecular formula is C14H10ClIO2S. The predicted molar refractivity (Wildman–Crippen MR) is 86.1 cm³/mol. The van der Waals surface area contributed by atoms with Crippen LogP contribution in [0.4, 0.5) is 0 Å². The van der Waals surface area contributed by atoms with Gasteiger partial charge in [-0.2, -0.15) is 0 Å². The van der Waals surface area contributed by atoms with Gasteiger partial charge in [-0.1, -0.05) is 23.4 Å². The molecule has 0 heterocycles. The van der Waals surface area contributed by atoms with Crippen molar-refractivity contribution >= 4 is 51.9 Å². The van der Waals surface area contributed by atoms with E-state index >= 15 is 0 Å². The lowest BCUT2D eigenvalue weighted by molar-refractivity contribution is 0.0597. The molecule has 2 rings (SSSR count). The zero-order valence-electron chi connectivity index (χ0n) is 10.0. The zero-order chi connectivity index (χ0) is 13.8. The van der Waals surface area contributed by atoms with Gasteiger partial charge in [0.15, 0.2) is 0 Å². The van der Waals surface area contributed by atoms with Crippen LogP contribution in [0.25, 0.3) is 0 Å². The summed E-state index contributed by atoms with van der Waals surface area (Å²) < 4.78 is 5.95. The van der Waals surface area contributed by atoms with Gasteiger partial charge in [0.2, 0.25) is 0 Å². The highest BCUT2D eigenvalue weighted by Gasteiger charge is 2.13. The van der Waals surface area contributed by atoms with E-state index in [9.17, 15) is 4.79 Å². The van der Waals surface area contributed by atoms with Crippen LogP contribution < -0.4 is 0 Å². The van der Waals surface area contributed by atoms with Crippen LogP contribution in [0.3, 0.4) is 0 Å². The molecule has 19 heavy (non-hydrogen) atoms. The van der Waals surface area contributed by atoms with E-state index in [4.69, 9.17) is 16.3 Å². The molecule has 2 aromatic carbocycles. The molecule has 0 spiro atoms. The summed E-state index contributed by atoms with van der Waals surface area (Å²) in [4.78, 5) is 13.6. The summed E-state index contributed by atoms with van der Waals surface area (Å²) in [6.45, 7) is 0. The monoisotopic (exact) mass is 404 g/mol. The number of carbonyl (C=O) groups excluding carboxylic acids is 1. The summed E-state index contributed by atoms with van der Waals surface area (Å²) >= 11 is 9.69. The Hall–Kier alpha value is -0.720. The number of methoxy groups -OCH3 is 1. The van der Waals surface area contributed by atoms with Crippen LogP contribution in [-0.4, -0.2) is 13.1 Å². The van der Waals surface area contributed by atoms with Crippen molar-refractivity contribution in [2.45, 2.75) is 9.79 Å². The number of benzene rings is 2. The summed E-state index contributed by atoms with van der Waals surface area (Å²) in [5.41, 5.74) is 0.485. The van der Waals surface area contributed by atoms with E-state index in [1.807, 2.05) is 30.3 Å². The summed E-state index contributed by atoms with van der Waals surface area (Å²) in [7, 11) is 1.36. The Morgan fingerprint density at radius 3 is 2.53 bits per heavy atom. The number of hydrogen-bond donors (Lipinski definition) is 0. The molecule has 0 saturated heterocycles. The van der Waals surface area contributed by atoms with Crippen molar-refractivity contribution in [2.24, 2.45) is 0 Å². The first-order valence-electron chi connectivity index (χ1n) is 5.41. The maximum absolute atomic E-state index is 11.7. The number of esters is 1. The Labute approximate surface area is 134 Å². The first-order chi connectivity index (χ1) is 9.10. The second kappa shape index (κ2) is 6.63. The zero-order valence-corrected chi connectivity index (χ0v) is 13.8. The molecule has 2 aromatic rings. The van der Waals surface area contributed by atoms with E-state index in [1.54, 1.807) is 12.1 Å². The van der Waals surface area contributed by atoms with E-state index in [0.29, 0.717) is 10.6 Å². The summed E-state index contributed by atoms with van der Waals surface area (Å²) in [5, 5.41) is 0.521. The molecule has 0 aromatic heterocycles. The van der Waals surface area contributed by atoms with Gasteiger partial charge in [0.1, 0.15) is 0 Å². The molecule has 98 valence electrons. The molecule has 0 atom stereocenters. The van der Waals surface area contributed by atoms with E-state index in [1.165, 1.54) is 22.4 Å². The normalized spacial score (nSPS) is 10.3. The molecule has 0 fully saturated rings.